The van der Waals surface area contributed by atoms with Crippen LogP contribution in [0.3, 0.4) is 0 Å². The average Bonchev–Trinajstić information content (AvgIpc) is 3.18. The van der Waals surface area contributed by atoms with E-state index in [9.17, 15) is 13.2 Å². The highest BCUT2D eigenvalue weighted by Gasteiger charge is 2.20. The number of amides is 1. The predicted molar refractivity (Wildman–Crippen MR) is 141 cm³/mol. The van der Waals surface area contributed by atoms with Crippen LogP contribution in [0, 0.1) is 0 Å². The SMILES string of the molecule is CC(C)Oc1ccc(S(C)(=O)=O)cc1Cc1nc(-c2ccc(C(=O)N3CCCN(C)CC3)nc2)cs1. The van der Waals surface area contributed by atoms with E-state index in [1.807, 2.05) is 30.2 Å². The fraction of sp³-hybridized carbons (Fsp3) is 0.423. The molecule has 1 aliphatic rings. The number of pyridine rings is 1. The van der Waals surface area contributed by atoms with E-state index in [0.717, 1.165) is 47.9 Å². The maximum Gasteiger partial charge on any atom is 0.272 e. The number of rotatable bonds is 7. The molecule has 0 unspecified atom stereocenters. The summed E-state index contributed by atoms with van der Waals surface area (Å²) in [6, 6.07) is 8.58. The van der Waals surface area contributed by atoms with Crippen LogP contribution in [0.2, 0.25) is 0 Å². The van der Waals surface area contributed by atoms with Gasteiger partial charge in [0.2, 0.25) is 0 Å². The lowest BCUT2D eigenvalue weighted by atomic mass is 10.1. The van der Waals surface area contributed by atoms with Gasteiger partial charge in [-0.3, -0.25) is 9.78 Å². The smallest absolute Gasteiger partial charge is 0.272 e. The van der Waals surface area contributed by atoms with Gasteiger partial charge in [-0.05, 0) is 64.2 Å². The van der Waals surface area contributed by atoms with Crippen molar-refractivity contribution in [2.24, 2.45) is 0 Å². The molecule has 1 aromatic carbocycles. The summed E-state index contributed by atoms with van der Waals surface area (Å²) >= 11 is 1.49. The van der Waals surface area contributed by atoms with E-state index in [-0.39, 0.29) is 16.9 Å². The van der Waals surface area contributed by atoms with Gasteiger partial charge in [0.15, 0.2) is 9.84 Å². The molecule has 1 aliphatic heterocycles. The third kappa shape index (κ3) is 6.48. The van der Waals surface area contributed by atoms with Gasteiger partial charge in [-0.2, -0.15) is 0 Å². The third-order valence-corrected chi connectivity index (χ3v) is 7.96. The molecule has 1 fully saturated rings. The summed E-state index contributed by atoms with van der Waals surface area (Å²) in [5.74, 6) is 0.609. The lowest BCUT2D eigenvalue weighted by Crippen LogP contribution is -2.34. The van der Waals surface area contributed by atoms with Gasteiger partial charge in [0, 0.05) is 55.0 Å². The van der Waals surface area contributed by atoms with Gasteiger partial charge < -0.3 is 14.5 Å². The van der Waals surface area contributed by atoms with Crippen LogP contribution >= 0.6 is 11.3 Å². The molecule has 0 spiro atoms. The Kier molecular flexibility index (Phi) is 8.07. The molecule has 0 N–H and O–H groups in total. The number of thiazole rings is 1. The highest BCUT2D eigenvalue weighted by atomic mass is 32.2. The normalized spacial score (nSPS) is 15.2. The zero-order valence-electron chi connectivity index (χ0n) is 21.1. The van der Waals surface area contributed by atoms with E-state index in [0.29, 0.717) is 24.4 Å². The van der Waals surface area contributed by atoms with Crippen molar-refractivity contribution in [2.45, 2.75) is 37.7 Å². The average molecular weight is 529 g/mol. The van der Waals surface area contributed by atoms with Crippen molar-refractivity contribution < 1.29 is 17.9 Å². The number of carbonyl (C=O) groups is 1. The van der Waals surface area contributed by atoms with Crippen LogP contribution < -0.4 is 4.74 Å². The van der Waals surface area contributed by atoms with Crippen LogP contribution in [0.5, 0.6) is 5.75 Å². The minimum atomic E-state index is -3.34. The summed E-state index contributed by atoms with van der Waals surface area (Å²) in [5.41, 5.74) is 2.80. The van der Waals surface area contributed by atoms with Gasteiger partial charge in [-0.1, -0.05) is 0 Å². The molecule has 1 amide bonds. The molecular formula is C26H32N4O4S2. The third-order valence-electron chi connectivity index (χ3n) is 6.00. The molecule has 36 heavy (non-hydrogen) atoms. The number of carbonyl (C=O) groups excluding carboxylic acids is 1. The molecule has 10 heteroatoms. The zero-order chi connectivity index (χ0) is 25.9. The van der Waals surface area contributed by atoms with Crippen molar-refractivity contribution in [3.05, 3.63) is 58.2 Å². The molecule has 0 radical (unpaired) electrons. The van der Waals surface area contributed by atoms with E-state index >= 15 is 0 Å². The van der Waals surface area contributed by atoms with Crippen LogP contribution in [-0.4, -0.2) is 79.7 Å². The van der Waals surface area contributed by atoms with Gasteiger partial charge in [0.1, 0.15) is 11.4 Å². The Morgan fingerprint density at radius 2 is 1.94 bits per heavy atom. The van der Waals surface area contributed by atoms with Gasteiger partial charge >= 0.3 is 0 Å². The molecule has 4 rings (SSSR count). The summed E-state index contributed by atoms with van der Waals surface area (Å²) in [7, 11) is -1.27. The van der Waals surface area contributed by atoms with Crippen LogP contribution in [0.25, 0.3) is 11.3 Å². The summed E-state index contributed by atoms with van der Waals surface area (Å²) in [6.45, 7) is 7.17. The summed E-state index contributed by atoms with van der Waals surface area (Å²) < 4.78 is 30.1. The van der Waals surface area contributed by atoms with Crippen molar-refractivity contribution >= 4 is 27.1 Å². The number of sulfone groups is 1. The second-order valence-corrected chi connectivity index (χ2v) is 12.4. The quantitative estimate of drug-likeness (QED) is 0.461. The van der Waals surface area contributed by atoms with Crippen molar-refractivity contribution in [2.75, 3.05) is 39.5 Å². The topological polar surface area (TPSA) is 92.7 Å². The second kappa shape index (κ2) is 11.1. The molecular weight excluding hydrogens is 496 g/mol. The van der Waals surface area contributed by atoms with Gasteiger partial charge in [-0.25, -0.2) is 13.4 Å². The van der Waals surface area contributed by atoms with Gasteiger partial charge in [0.25, 0.3) is 5.91 Å². The molecule has 8 nitrogen and oxygen atoms in total. The Hall–Kier alpha value is -2.82. The molecule has 0 aliphatic carbocycles. The first-order valence-corrected chi connectivity index (χ1v) is 14.8. The van der Waals surface area contributed by atoms with Crippen molar-refractivity contribution in [3.8, 4) is 17.0 Å². The molecule has 3 aromatic rings. The number of aromatic nitrogens is 2. The monoisotopic (exact) mass is 528 g/mol. The fourth-order valence-corrected chi connectivity index (χ4v) is 5.56. The minimum absolute atomic E-state index is 0.0396. The Morgan fingerprint density at radius 3 is 2.64 bits per heavy atom. The highest BCUT2D eigenvalue weighted by Crippen LogP contribution is 2.29. The molecule has 0 bridgehead atoms. The number of hydrogen-bond donors (Lipinski definition) is 0. The second-order valence-electron chi connectivity index (χ2n) is 9.39. The first kappa shape index (κ1) is 26.2. The fourth-order valence-electron chi connectivity index (χ4n) is 4.06. The minimum Gasteiger partial charge on any atom is -0.491 e. The highest BCUT2D eigenvalue weighted by molar-refractivity contribution is 7.90. The summed E-state index contributed by atoms with van der Waals surface area (Å²) in [5, 5.41) is 2.78. The molecule has 3 heterocycles. The molecule has 192 valence electrons. The van der Waals surface area contributed by atoms with Crippen LogP contribution in [0.15, 0.2) is 46.8 Å². The van der Waals surface area contributed by atoms with Gasteiger partial charge in [0.05, 0.1) is 21.7 Å². The Morgan fingerprint density at radius 1 is 1.14 bits per heavy atom. The van der Waals surface area contributed by atoms with E-state index in [4.69, 9.17) is 9.72 Å². The maximum atomic E-state index is 12.9. The first-order chi connectivity index (χ1) is 17.1. The van der Waals surface area contributed by atoms with E-state index in [1.54, 1.807) is 30.5 Å². The van der Waals surface area contributed by atoms with Gasteiger partial charge in [-0.15, -0.1) is 11.3 Å². The summed E-state index contributed by atoms with van der Waals surface area (Å²) in [6.07, 6.45) is 4.25. The molecule has 2 aromatic heterocycles. The largest absolute Gasteiger partial charge is 0.491 e. The number of benzene rings is 1. The van der Waals surface area contributed by atoms with E-state index in [1.165, 1.54) is 17.6 Å². The molecule has 0 atom stereocenters. The van der Waals surface area contributed by atoms with Crippen molar-refractivity contribution in [3.63, 3.8) is 0 Å². The number of nitrogens with zero attached hydrogens (tertiary/aromatic N) is 4. The zero-order valence-corrected chi connectivity index (χ0v) is 22.7. The number of ether oxygens (including phenoxy) is 1. The lowest BCUT2D eigenvalue weighted by Gasteiger charge is -2.20. The van der Waals surface area contributed by atoms with Crippen LogP contribution in [-0.2, 0) is 16.3 Å². The van der Waals surface area contributed by atoms with Crippen LogP contribution in [0.1, 0.15) is 41.3 Å². The molecule has 1 saturated heterocycles. The lowest BCUT2D eigenvalue weighted by molar-refractivity contribution is 0.0757. The predicted octanol–water partition coefficient (Wildman–Crippen LogP) is 3.76. The number of hydrogen-bond acceptors (Lipinski definition) is 8. The van der Waals surface area contributed by atoms with Crippen molar-refractivity contribution in [1.29, 1.82) is 0 Å². The maximum absolute atomic E-state index is 12.9. The molecule has 0 saturated carbocycles. The standard InChI is InChI=1S/C26H32N4O4S2/c1-18(2)34-24-9-7-21(36(4,32)33)14-20(24)15-25-28-23(17-35-25)19-6-8-22(27-16-19)26(31)30-11-5-10-29(3)12-13-30/h6-9,14,16-18H,5,10-13,15H2,1-4H3. The van der Waals surface area contributed by atoms with Crippen LogP contribution in [0.4, 0.5) is 0 Å². The number of likely N-dealkylation sites (N-methyl/N-ethyl adjacent to an activating group) is 1. The van der Waals surface area contributed by atoms with E-state index < -0.39 is 9.84 Å². The van der Waals surface area contributed by atoms with E-state index in [2.05, 4.69) is 16.9 Å². The summed E-state index contributed by atoms with van der Waals surface area (Å²) in [4.78, 5) is 26.4. The Balaban J connectivity index is 1.51. The Bertz CT molecular complexity index is 1320. The first-order valence-electron chi connectivity index (χ1n) is 12.0. The van der Waals surface area contributed by atoms with Crippen molar-refractivity contribution in [1.82, 2.24) is 19.8 Å². The Labute approximate surface area is 216 Å².